The van der Waals surface area contributed by atoms with Gasteiger partial charge in [0.2, 0.25) is 0 Å². The van der Waals surface area contributed by atoms with Crippen LogP contribution in [-0.4, -0.2) is 25.5 Å². The molecule has 1 heterocycles. The molecule has 5 heteroatoms. The van der Waals surface area contributed by atoms with Crippen molar-refractivity contribution in [2.24, 2.45) is 10.7 Å². The zero-order valence-electron chi connectivity index (χ0n) is 9.66. The Morgan fingerprint density at radius 2 is 2.24 bits per heavy atom. The molecule has 0 aromatic heterocycles. The maximum absolute atomic E-state index is 13.5. The predicted octanol–water partition coefficient (Wildman–Crippen LogP) is 1.92. The molecular formula is C12H15F2N3. The normalized spacial score (nSPS) is 19.2. The smallest absolute Gasteiger partial charge is 0.149 e. The average molecular weight is 239 g/mol. The molecule has 2 rings (SSSR count). The number of benzene rings is 1. The van der Waals surface area contributed by atoms with E-state index in [1.54, 1.807) is 11.9 Å². The van der Waals surface area contributed by atoms with Crippen LogP contribution in [0.15, 0.2) is 23.2 Å². The maximum atomic E-state index is 13.5. The monoisotopic (exact) mass is 239 g/mol. The Kier molecular flexibility index (Phi) is 3.26. The molecule has 92 valence electrons. The molecule has 0 unspecified atom stereocenters. The molecule has 0 fully saturated rings. The van der Waals surface area contributed by atoms with Crippen molar-refractivity contribution in [1.29, 1.82) is 0 Å². The first-order valence-corrected chi connectivity index (χ1v) is 5.54. The Morgan fingerprint density at radius 1 is 1.47 bits per heavy atom. The van der Waals surface area contributed by atoms with E-state index in [4.69, 9.17) is 5.73 Å². The van der Waals surface area contributed by atoms with Crippen LogP contribution in [0.25, 0.3) is 0 Å². The Morgan fingerprint density at radius 3 is 2.82 bits per heavy atom. The third kappa shape index (κ3) is 2.72. The Hall–Kier alpha value is -1.65. The Balaban J connectivity index is 2.07. The number of nitrogens with two attached hydrogens (primary N) is 1. The minimum atomic E-state index is -0.567. The van der Waals surface area contributed by atoms with Gasteiger partial charge in [-0.1, -0.05) is 0 Å². The van der Waals surface area contributed by atoms with Crippen molar-refractivity contribution >= 4 is 11.5 Å². The molecule has 1 aliphatic heterocycles. The summed E-state index contributed by atoms with van der Waals surface area (Å²) in [6.07, 6.45) is 1.68. The first-order valence-electron chi connectivity index (χ1n) is 5.54. The largest absolute Gasteiger partial charge is 0.387 e. The van der Waals surface area contributed by atoms with Gasteiger partial charge < -0.3 is 10.6 Å². The molecule has 1 atom stereocenters. The highest BCUT2D eigenvalue weighted by molar-refractivity contribution is 5.82. The summed E-state index contributed by atoms with van der Waals surface area (Å²) < 4.78 is 26.3. The van der Waals surface area contributed by atoms with Gasteiger partial charge in [-0.2, -0.15) is 0 Å². The number of halogens is 2. The summed E-state index contributed by atoms with van der Waals surface area (Å²) >= 11 is 0. The Bertz CT molecular complexity index is 445. The van der Waals surface area contributed by atoms with Crippen molar-refractivity contribution in [1.82, 2.24) is 0 Å². The van der Waals surface area contributed by atoms with Gasteiger partial charge in [-0.15, -0.1) is 0 Å². The molecule has 0 saturated carbocycles. The van der Waals surface area contributed by atoms with E-state index in [0.717, 1.165) is 18.9 Å². The van der Waals surface area contributed by atoms with Crippen LogP contribution in [0.3, 0.4) is 0 Å². The number of amidine groups is 1. The van der Waals surface area contributed by atoms with E-state index in [-0.39, 0.29) is 6.04 Å². The van der Waals surface area contributed by atoms with Gasteiger partial charge in [-0.05, 0) is 18.6 Å². The molecule has 0 spiro atoms. The van der Waals surface area contributed by atoms with E-state index in [0.29, 0.717) is 18.1 Å². The van der Waals surface area contributed by atoms with Crippen LogP contribution in [0, 0.1) is 11.6 Å². The number of hydrogen-bond acceptors (Lipinski definition) is 3. The Labute approximate surface area is 98.9 Å². The summed E-state index contributed by atoms with van der Waals surface area (Å²) in [5.74, 6) is -0.465. The lowest BCUT2D eigenvalue weighted by Gasteiger charge is -2.22. The summed E-state index contributed by atoms with van der Waals surface area (Å²) in [6, 6.07) is 3.68. The van der Waals surface area contributed by atoms with Gasteiger partial charge in [0.25, 0.3) is 0 Å². The molecule has 17 heavy (non-hydrogen) atoms. The average Bonchev–Trinajstić information content (AvgIpc) is 2.63. The van der Waals surface area contributed by atoms with Gasteiger partial charge in [0.1, 0.15) is 11.6 Å². The van der Waals surface area contributed by atoms with Gasteiger partial charge in [0.15, 0.2) is 0 Å². The lowest BCUT2D eigenvalue weighted by molar-refractivity contribution is 0.576. The molecule has 0 aliphatic carbocycles. The first-order chi connectivity index (χ1) is 8.06. The number of aliphatic imine (C=N–C) groups is 1. The second-order valence-electron chi connectivity index (χ2n) is 4.29. The number of nitrogens with zero attached hydrogens (tertiary/aromatic N) is 2. The summed E-state index contributed by atoms with van der Waals surface area (Å²) in [7, 11) is 1.76. The highest BCUT2D eigenvalue weighted by atomic mass is 19.1. The number of rotatable bonds is 3. The minimum Gasteiger partial charge on any atom is -0.387 e. The summed E-state index contributed by atoms with van der Waals surface area (Å²) in [5.41, 5.74) is 5.98. The molecule has 0 amide bonds. The molecule has 0 bridgehead atoms. The molecule has 2 N–H and O–H groups in total. The summed E-state index contributed by atoms with van der Waals surface area (Å²) in [6.45, 7) is 0.587. The van der Waals surface area contributed by atoms with Crippen molar-refractivity contribution in [3.05, 3.63) is 29.8 Å². The van der Waals surface area contributed by atoms with E-state index in [2.05, 4.69) is 4.99 Å². The van der Waals surface area contributed by atoms with Crippen LogP contribution < -0.4 is 10.6 Å². The minimum absolute atomic E-state index is 0.101. The van der Waals surface area contributed by atoms with Crippen molar-refractivity contribution in [2.75, 3.05) is 18.5 Å². The second-order valence-corrected chi connectivity index (χ2v) is 4.29. The van der Waals surface area contributed by atoms with Crippen LogP contribution in [0.1, 0.15) is 12.8 Å². The van der Waals surface area contributed by atoms with E-state index in [9.17, 15) is 8.78 Å². The van der Waals surface area contributed by atoms with Crippen LogP contribution in [-0.2, 0) is 0 Å². The maximum Gasteiger partial charge on any atom is 0.149 e. The van der Waals surface area contributed by atoms with Gasteiger partial charge >= 0.3 is 0 Å². The molecule has 0 radical (unpaired) electrons. The molecule has 1 aromatic rings. The first kappa shape index (κ1) is 11.8. The molecule has 3 nitrogen and oxygen atoms in total. The highest BCUT2D eigenvalue weighted by Crippen LogP contribution is 2.21. The molecule has 1 aromatic carbocycles. The highest BCUT2D eigenvalue weighted by Gasteiger charge is 2.18. The van der Waals surface area contributed by atoms with E-state index < -0.39 is 11.6 Å². The van der Waals surface area contributed by atoms with Crippen LogP contribution in [0.4, 0.5) is 14.5 Å². The lowest BCUT2D eigenvalue weighted by atomic mass is 10.2. The van der Waals surface area contributed by atoms with E-state index >= 15 is 0 Å². The molecule has 1 aliphatic rings. The van der Waals surface area contributed by atoms with Crippen LogP contribution in [0.5, 0.6) is 0 Å². The van der Waals surface area contributed by atoms with Gasteiger partial charge in [0, 0.05) is 26.1 Å². The SMILES string of the molecule is CN(C[C@H]1CCC(N)=N1)c1ccc(F)cc1F. The standard InChI is InChI=1S/C12H15F2N3/c1-17(7-9-3-5-12(15)16-9)11-4-2-8(13)6-10(11)14/h2,4,6,9H,3,5,7H2,1H3,(H2,15,16)/t9-/m1/s1. The van der Waals surface area contributed by atoms with Crippen LogP contribution >= 0.6 is 0 Å². The third-order valence-corrected chi connectivity index (χ3v) is 2.89. The van der Waals surface area contributed by atoms with Gasteiger partial charge in [-0.3, -0.25) is 4.99 Å². The van der Waals surface area contributed by atoms with Crippen molar-refractivity contribution in [3.8, 4) is 0 Å². The number of hydrogen-bond donors (Lipinski definition) is 1. The number of anilines is 1. The van der Waals surface area contributed by atoms with Crippen molar-refractivity contribution in [3.63, 3.8) is 0 Å². The fourth-order valence-corrected chi connectivity index (χ4v) is 2.02. The van der Waals surface area contributed by atoms with E-state index in [1.807, 2.05) is 0 Å². The fourth-order valence-electron chi connectivity index (χ4n) is 2.02. The molecular weight excluding hydrogens is 224 g/mol. The molecule has 0 saturated heterocycles. The third-order valence-electron chi connectivity index (χ3n) is 2.89. The predicted molar refractivity (Wildman–Crippen MR) is 64.3 cm³/mol. The van der Waals surface area contributed by atoms with Crippen molar-refractivity contribution in [2.45, 2.75) is 18.9 Å². The zero-order chi connectivity index (χ0) is 12.4. The zero-order valence-corrected chi connectivity index (χ0v) is 9.66. The van der Waals surface area contributed by atoms with Crippen molar-refractivity contribution < 1.29 is 8.78 Å². The lowest BCUT2D eigenvalue weighted by Crippen LogP contribution is -2.27. The van der Waals surface area contributed by atoms with E-state index in [1.165, 1.54) is 12.1 Å². The summed E-state index contributed by atoms with van der Waals surface area (Å²) in [5, 5.41) is 0. The quantitative estimate of drug-likeness (QED) is 0.875. The fraction of sp³-hybridized carbons (Fsp3) is 0.417. The summed E-state index contributed by atoms with van der Waals surface area (Å²) in [4.78, 5) is 6.00. The van der Waals surface area contributed by atoms with Gasteiger partial charge in [-0.25, -0.2) is 8.78 Å². The van der Waals surface area contributed by atoms with Gasteiger partial charge in [0.05, 0.1) is 17.6 Å². The second kappa shape index (κ2) is 4.69. The van der Waals surface area contributed by atoms with Crippen LogP contribution in [0.2, 0.25) is 0 Å². The number of likely N-dealkylation sites (N-methyl/N-ethyl adjacent to an activating group) is 1. The topological polar surface area (TPSA) is 41.6 Å².